The lowest BCUT2D eigenvalue weighted by atomic mass is 9.82. The summed E-state index contributed by atoms with van der Waals surface area (Å²) in [6.45, 7) is 2.18. The summed E-state index contributed by atoms with van der Waals surface area (Å²) < 4.78 is 0. The highest BCUT2D eigenvalue weighted by Crippen LogP contribution is 2.29. The van der Waals surface area contributed by atoms with E-state index in [-0.39, 0.29) is 6.04 Å². The molecule has 0 bridgehead atoms. The molecular formula is C9H17NO. The summed E-state index contributed by atoms with van der Waals surface area (Å²) >= 11 is 0. The highest BCUT2D eigenvalue weighted by atomic mass is 16.3. The van der Waals surface area contributed by atoms with Crippen LogP contribution in [-0.4, -0.2) is 6.04 Å². The molecule has 2 nitrogen and oxygen atoms in total. The summed E-state index contributed by atoms with van der Waals surface area (Å²) in [5.41, 5.74) is 0. The van der Waals surface area contributed by atoms with Crippen molar-refractivity contribution < 1.29 is 0 Å². The zero-order valence-corrected chi connectivity index (χ0v) is 7.25. The SMILES string of the molecule is CCCC1CCCCC1N=O. The third-order valence-electron chi connectivity index (χ3n) is 2.66. The van der Waals surface area contributed by atoms with E-state index in [1.165, 1.54) is 32.1 Å². The van der Waals surface area contributed by atoms with Gasteiger partial charge in [-0.2, -0.15) is 4.91 Å². The Labute approximate surface area is 68.3 Å². The Bertz CT molecular complexity index is 123. The summed E-state index contributed by atoms with van der Waals surface area (Å²) in [7, 11) is 0. The zero-order chi connectivity index (χ0) is 8.10. The molecule has 2 heteroatoms. The summed E-state index contributed by atoms with van der Waals surface area (Å²) in [5.74, 6) is 0.603. The molecule has 0 N–H and O–H groups in total. The van der Waals surface area contributed by atoms with Gasteiger partial charge >= 0.3 is 0 Å². The van der Waals surface area contributed by atoms with Gasteiger partial charge in [0, 0.05) is 0 Å². The van der Waals surface area contributed by atoms with Crippen LogP contribution in [0.1, 0.15) is 45.4 Å². The van der Waals surface area contributed by atoms with Crippen molar-refractivity contribution >= 4 is 0 Å². The maximum atomic E-state index is 10.4. The Kier molecular flexibility index (Phi) is 3.53. The first kappa shape index (κ1) is 8.69. The predicted molar refractivity (Wildman–Crippen MR) is 46.4 cm³/mol. The van der Waals surface area contributed by atoms with Crippen LogP contribution in [0.15, 0.2) is 5.18 Å². The van der Waals surface area contributed by atoms with E-state index in [9.17, 15) is 4.91 Å². The summed E-state index contributed by atoms with van der Waals surface area (Å²) in [5, 5.41) is 3.20. The fourth-order valence-electron chi connectivity index (χ4n) is 2.03. The van der Waals surface area contributed by atoms with Gasteiger partial charge in [0.15, 0.2) is 0 Å². The number of nitroso groups, excluding NO2 is 1. The quantitative estimate of drug-likeness (QED) is 0.576. The molecule has 0 aromatic heterocycles. The first-order chi connectivity index (χ1) is 5.38. The highest BCUT2D eigenvalue weighted by Gasteiger charge is 2.24. The van der Waals surface area contributed by atoms with Crippen molar-refractivity contribution in [1.82, 2.24) is 0 Å². The molecule has 2 atom stereocenters. The Morgan fingerprint density at radius 1 is 1.36 bits per heavy atom. The molecule has 1 aliphatic carbocycles. The molecule has 11 heavy (non-hydrogen) atoms. The Balaban J connectivity index is 2.37. The number of hydrogen-bond donors (Lipinski definition) is 0. The predicted octanol–water partition coefficient (Wildman–Crippen LogP) is 3.11. The minimum absolute atomic E-state index is 0.142. The average Bonchev–Trinajstić information content (AvgIpc) is 2.06. The third-order valence-corrected chi connectivity index (χ3v) is 2.66. The van der Waals surface area contributed by atoms with Gasteiger partial charge in [-0.1, -0.05) is 31.4 Å². The van der Waals surface area contributed by atoms with Crippen LogP contribution in [0, 0.1) is 10.8 Å². The topological polar surface area (TPSA) is 29.4 Å². The van der Waals surface area contributed by atoms with Gasteiger partial charge in [-0.15, -0.1) is 0 Å². The molecule has 0 aliphatic heterocycles. The van der Waals surface area contributed by atoms with E-state index >= 15 is 0 Å². The lowest BCUT2D eigenvalue weighted by Crippen LogP contribution is -2.22. The molecule has 0 spiro atoms. The number of hydrogen-bond acceptors (Lipinski definition) is 2. The van der Waals surface area contributed by atoms with Gasteiger partial charge < -0.3 is 0 Å². The van der Waals surface area contributed by atoms with E-state index < -0.39 is 0 Å². The van der Waals surface area contributed by atoms with Crippen LogP contribution in [0.4, 0.5) is 0 Å². The van der Waals surface area contributed by atoms with E-state index in [0.717, 1.165) is 6.42 Å². The van der Waals surface area contributed by atoms with Crippen molar-refractivity contribution in [2.24, 2.45) is 11.1 Å². The minimum Gasteiger partial charge on any atom is -0.151 e. The van der Waals surface area contributed by atoms with Gasteiger partial charge in [0.1, 0.15) is 0 Å². The number of nitrogens with zero attached hydrogens (tertiary/aromatic N) is 1. The van der Waals surface area contributed by atoms with Gasteiger partial charge in [-0.25, -0.2) is 0 Å². The maximum Gasteiger partial charge on any atom is 0.0947 e. The van der Waals surface area contributed by atoms with Crippen molar-refractivity contribution in [2.75, 3.05) is 0 Å². The largest absolute Gasteiger partial charge is 0.151 e. The molecule has 0 aromatic carbocycles. The standard InChI is InChI=1S/C9H17NO/c1-2-5-8-6-3-4-7-9(8)10-11/h8-9H,2-7H2,1H3. The molecule has 1 fully saturated rings. The van der Waals surface area contributed by atoms with E-state index in [2.05, 4.69) is 12.1 Å². The monoisotopic (exact) mass is 155 g/mol. The molecule has 0 saturated heterocycles. The Morgan fingerprint density at radius 3 is 2.73 bits per heavy atom. The molecule has 0 heterocycles. The molecule has 64 valence electrons. The van der Waals surface area contributed by atoms with Crippen LogP contribution in [0.3, 0.4) is 0 Å². The van der Waals surface area contributed by atoms with Crippen molar-refractivity contribution in [3.05, 3.63) is 4.91 Å². The average molecular weight is 155 g/mol. The van der Waals surface area contributed by atoms with Gasteiger partial charge in [0.05, 0.1) is 6.04 Å². The fourth-order valence-corrected chi connectivity index (χ4v) is 2.03. The molecule has 1 aliphatic rings. The first-order valence-corrected chi connectivity index (χ1v) is 4.71. The summed E-state index contributed by atoms with van der Waals surface area (Å²) in [4.78, 5) is 10.4. The lowest BCUT2D eigenvalue weighted by Gasteiger charge is -2.25. The molecule has 2 unspecified atom stereocenters. The van der Waals surface area contributed by atoms with Crippen LogP contribution in [0.25, 0.3) is 0 Å². The second kappa shape index (κ2) is 4.47. The number of rotatable bonds is 3. The van der Waals surface area contributed by atoms with Crippen molar-refractivity contribution in [3.8, 4) is 0 Å². The van der Waals surface area contributed by atoms with Crippen LogP contribution < -0.4 is 0 Å². The lowest BCUT2D eigenvalue weighted by molar-refractivity contribution is 0.290. The van der Waals surface area contributed by atoms with Crippen molar-refractivity contribution in [1.29, 1.82) is 0 Å². The van der Waals surface area contributed by atoms with Crippen molar-refractivity contribution in [2.45, 2.75) is 51.5 Å². The normalized spacial score (nSPS) is 31.7. The van der Waals surface area contributed by atoms with Crippen molar-refractivity contribution in [3.63, 3.8) is 0 Å². The molecule has 0 aromatic rings. The molecule has 0 radical (unpaired) electrons. The Hall–Kier alpha value is -0.400. The molecule has 1 rings (SSSR count). The van der Waals surface area contributed by atoms with E-state index in [0.29, 0.717) is 5.92 Å². The van der Waals surface area contributed by atoms with Crippen LogP contribution >= 0.6 is 0 Å². The van der Waals surface area contributed by atoms with Gasteiger partial charge in [-0.3, -0.25) is 0 Å². The first-order valence-electron chi connectivity index (χ1n) is 4.71. The second-order valence-electron chi connectivity index (χ2n) is 3.51. The second-order valence-corrected chi connectivity index (χ2v) is 3.51. The van der Waals surface area contributed by atoms with E-state index in [1.54, 1.807) is 0 Å². The molecular weight excluding hydrogens is 138 g/mol. The van der Waals surface area contributed by atoms with E-state index in [1.807, 2.05) is 0 Å². The van der Waals surface area contributed by atoms with E-state index in [4.69, 9.17) is 0 Å². The highest BCUT2D eigenvalue weighted by molar-refractivity contribution is 4.79. The van der Waals surface area contributed by atoms with Crippen LogP contribution in [-0.2, 0) is 0 Å². The van der Waals surface area contributed by atoms with Gasteiger partial charge in [0.25, 0.3) is 0 Å². The minimum atomic E-state index is 0.142. The van der Waals surface area contributed by atoms with Gasteiger partial charge in [-0.05, 0) is 25.2 Å². The fraction of sp³-hybridized carbons (Fsp3) is 1.00. The molecule has 1 saturated carbocycles. The van der Waals surface area contributed by atoms with Gasteiger partial charge in [0.2, 0.25) is 0 Å². The molecule has 0 amide bonds. The Morgan fingerprint density at radius 2 is 2.09 bits per heavy atom. The smallest absolute Gasteiger partial charge is 0.0947 e. The summed E-state index contributed by atoms with van der Waals surface area (Å²) in [6.07, 6.45) is 7.15. The zero-order valence-electron chi connectivity index (χ0n) is 7.25. The summed E-state index contributed by atoms with van der Waals surface area (Å²) in [6, 6.07) is 0.142. The van der Waals surface area contributed by atoms with Crippen LogP contribution in [0.2, 0.25) is 0 Å². The third kappa shape index (κ3) is 2.28. The maximum absolute atomic E-state index is 10.4. The van der Waals surface area contributed by atoms with Crippen LogP contribution in [0.5, 0.6) is 0 Å².